The van der Waals surface area contributed by atoms with Crippen LogP contribution in [0.3, 0.4) is 0 Å². The second-order valence-electron chi connectivity index (χ2n) is 7.61. The van der Waals surface area contributed by atoms with E-state index < -0.39 is 8.32 Å². The SMILES string of the molecule is CC(C)(C)[Si](C)(C)OC(CBr)c1cc(F)c2c(c1)CCC(=O)N2. The van der Waals surface area contributed by atoms with E-state index in [1.165, 1.54) is 6.07 Å². The van der Waals surface area contributed by atoms with Crippen LogP contribution >= 0.6 is 15.9 Å². The number of anilines is 1. The van der Waals surface area contributed by atoms with Gasteiger partial charge >= 0.3 is 0 Å². The summed E-state index contributed by atoms with van der Waals surface area (Å²) < 4.78 is 20.8. The first-order valence-electron chi connectivity index (χ1n) is 7.91. The fourth-order valence-electron chi connectivity index (χ4n) is 2.38. The second kappa shape index (κ2) is 6.65. The average Bonchev–Trinajstić information content (AvgIpc) is 2.44. The molecule has 1 amide bonds. The molecule has 1 atom stereocenters. The van der Waals surface area contributed by atoms with Crippen LogP contribution in [0.25, 0.3) is 0 Å². The van der Waals surface area contributed by atoms with Gasteiger partial charge in [-0.3, -0.25) is 4.79 Å². The van der Waals surface area contributed by atoms with Crippen LogP contribution in [0.1, 0.15) is 44.4 Å². The Morgan fingerprint density at radius 3 is 2.57 bits per heavy atom. The fourth-order valence-corrected chi connectivity index (χ4v) is 4.42. The highest BCUT2D eigenvalue weighted by molar-refractivity contribution is 9.09. The molecule has 0 saturated heterocycles. The summed E-state index contributed by atoms with van der Waals surface area (Å²) in [7, 11) is -1.96. The Kier molecular flexibility index (Phi) is 5.38. The van der Waals surface area contributed by atoms with Crippen molar-refractivity contribution in [1.82, 2.24) is 0 Å². The third-order valence-corrected chi connectivity index (χ3v) is 9.91. The van der Waals surface area contributed by atoms with E-state index in [0.29, 0.717) is 23.9 Å². The lowest BCUT2D eigenvalue weighted by atomic mass is 9.98. The molecule has 1 aromatic carbocycles. The van der Waals surface area contributed by atoms with Crippen LogP contribution in [0.15, 0.2) is 12.1 Å². The van der Waals surface area contributed by atoms with Crippen LogP contribution < -0.4 is 5.32 Å². The zero-order chi connectivity index (χ0) is 17.4. The van der Waals surface area contributed by atoms with E-state index in [2.05, 4.69) is 55.1 Å². The molecule has 1 aliphatic rings. The van der Waals surface area contributed by atoms with Crippen LogP contribution in [0.2, 0.25) is 18.1 Å². The Morgan fingerprint density at radius 1 is 1.35 bits per heavy atom. The Morgan fingerprint density at radius 2 is 2.00 bits per heavy atom. The maximum absolute atomic E-state index is 14.4. The highest BCUT2D eigenvalue weighted by Gasteiger charge is 2.39. The van der Waals surface area contributed by atoms with E-state index in [1.54, 1.807) is 0 Å². The quantitative estimate of drug-likeness (QED) is 0.558. The van der Waals surface area contributed by atoms with Gasteiger partial charge in [0.1, 0.15) is 5.82 Å². The molecule has 6 heteroatoms. The Bertz CT molecular complexity index is 613. The number of carbonyl (C=O) groups excluding carboxylic acids is 1. The van der Waals surface area contributed by atoms with Crippen molar-refractivity contribution in [2.75, 3.05) is 10.6 Å². The Hall–Kier alpha value is -0.723. The van der Waals surface area contributed by atoms with Gasteiger partial charge in [-0.15, -0.1) is 0 Å². The number of nitrogens with one attached hydrogen (secondary N) is 1. The summed E-state index contributed by atoms with van der Waals surface area (Å²) in [5.74, 6) is -0.506. The van der Waals surface area contributed by atoms with Gasteiger partial charge in [-0.1, -0.05) is 42.8 Å². The lowest BCUT2D eigenvalue weighted by Gasteiger charge is -2.39. The monoisotopic (exact) mass is 401 g/mol. The molecule has 0 radical (unpaired) electrons. The van der Waals surface area contributed by atoms with Crippen LogP contribution in [0, 0.1) is 5.82 Å². The van der Waals surface area contributed by atoms with E-state index >= 15 is 0 Å². The Labute approximate surface area is 147 Å². The molecule has 23 heavy (non-hydrogen) atoms. The number of hydrogen-bond donors (Lipinski definition) is 1. The molecule has 0 saturated carbocycles. The maximum atomic E-state index is 14.4. The van der Waals surface area contributed by atoms with Crippen molar-refractivity contribution in [3.05, 3.63) is 29.1 Å². The molecule has 3 nitrogen and oxygen atoms in total. The standard InChI is InChI=1S/C17H25BrFNO2Si/c1-17(2,3)23(4,5)22-14(10-18)12-8-11-6-7-15(21)20-16(11)13(19)9-12/h8-9,14H,6-7,10H2,1-5H3,(H,20,21). The number of halogens is 2. The molecule has 0 fully saturated rings. The number of fused-ring (bicyclic) bond motifs is 1. The van der Waals surface area contributed by atoms with Gasteiger partial charge < -0.3 is 9.74 Å². The summed E-state index contributed by atoms with van der Waals surface area (Å²) in [6, 6.07) is 3.46. The zero-order valence-electron chi connectivity index (χ0n) is 14.4. The van der Waals surface area contributed by atoms with Gasteiger partial charge in [0.05, 0.1) is 11.8 Å². The van der Waals surface area contributed by atoms with Crippen LogP contribution in [-0.4, -0.2) is 19.6 Å². The summed E-state index contributed by atoms with van der Waals surface area (Å²) >= 11 is 3.51. The smallest absolute Gasteiger partial charge is 0.224 e. The molecule has 1 N–H and O–H groups in total. The van der Waals surface area contributed by atoms with Gasteiger partial charge in [0.2, 0.25) is 5.91 Å². The molecule has 0 aliphatic carbocycles. The third-order valence-electron chi connectivity index (χ3n) is 4.84. The van der Waals surface area contributed by atoms with Crippen molar-refractivity contribution in [2.45, 2.75) is 57.8 Å². The highest BCUT2D eigenvalue weighted by Crippen LogP contribution is 2.41. The fraction of sp³-hybridized carbons (Fsp3) is 0.588. The Balaban J connectivity index is 2.33. The van der Waals surface area contributed by atoms with E-state index in [-0.39, 0.29) is 22.9 Å². The number of carbonyl (C=O) groups is 1. The molecule has 1 aliphatic heterocycles. The van der Waals surface area contributed by atoms with E-state index in [4.69, 9.17) is 4.43 Å². The van der Waals surface area contributed by atoms with Gasteiger partial charge in [0, 0.05) is 11.8 Å². The summed E-state index contributed by atoms with van der Waals surface area (Å²) in [5, 5.41) is 3.33. The van der Waals surface area contributed by atoms with Crippen molar-refractivity contribution in [1.29, 1.82) is 0 Å². The van der Waals surface area contributed by atoms with E-state index in [1.807, 2.05) is 6.07 Å². The summed E-state index contributed by atoms with van der Waals surface area (Å²) in [6.45, 7) is 10.9. The molecular formula is C17H25BrFNO2Si. The van der Waals surface area contributed by atoms with Gasteiger partial charge in [0.25, 0.3) is 0 Å². The molecular weight excluding hydrogens is 377 g/mol. The average molecular weight is 402 g/mol. The third kappa shape index (κ3) is 4.03. The van der Waals surface area contributed by atoms with Crippen LogP contribution in [0.4, 0.5) is 10.1 Å². The molecule has 1 aromatic rings. The molecule has 0 bridgehead atoms. The van der Waals surface area contributed by atoms with Crippen molar-refractivity contribution in [3.8, 4) is 0 Å². The first-order chi connectivity index (χ1) is 10.5. The lowest BCUT2D eigenvalue weighted by Crippen LogP contribution is -2.42. The van der Waals surface area contributed by atoms with Gasteiger partial charge in [-0.2, -0.15) is 0 Å². The van der Waals surface area contributed by atoms with Crippen molar-refractivity contribution in [3.63, 3.8) is 0 Å². The molecule has 2 rings (SSSR count). The second-order valence-corrected chi connectivity index (χ2v) is 13.0. The van der Waals surface area contributed by atoms with Gasteiger partial charge in [-0.25, -0.2) is 4.39 Å². The minimum absolute atomic E-state index is 0.0914. The zero-order valence-corrected chi connectivity index (χ0v) is 17.0. The molecule has 128 valence electrons. The molecule has 1 heterocycles. The lowest BCUT2D eigenvalue weighted by molar-refractivity contribution is -0.116. The highest BCUT2D eigenvalue weighted by atomic mass is 79.9. The topological polar surface area (TPSA) is 38.3 Å². The first-order valence-corrected chi connectivity index (χ1v) is 11.9. The van der Waals surface area contributed by atoms with Crippen molar-refractivity contribution >= 4 is 35.8 Å². The number of alkyl halides is 1. The predicted octanol–water partition coefficient (Wildman–Crippen LogP) is 5.17. The number of aryl methyl sites for hydroxylation is 1. The van der Waals surface area contributed by atoms with Crippen molar-refractivity contribution in [2.24, 2.45) is 0 Å². The first kappa shape index (κ1) is 18.6. The summed E-state index contributed by atoms with van der Waals surface area (Å²) in [6.07, 6.45) is 0.784. The van der Waals surface area contributed by atoms with Crippen LogP contribution in [-0.2, 0) is 15.6 Å². The minimum atomic E-state index is -1.96. The summed E-state index contributed by atoms with van der Waals surface area (Å²) in [5.41, 5.74) is 2.01. The van der Waals surface area contributed by atoms with Gasteiger partial charge in [-0.05, 0) is 41.7 Å². The predicted molar refractivity (Wildman–Crippen MR) is 98.2 cm³/mol. The number of rotatable bonds is 4. The number of benzene rings is 1. The maximum Gasteiger partial charge on any atom is 0.224 e. The van der Waals surface area contributed by atoms with E-state index in [9.17, 15) is 9.18 Å². The molecule has 0 spiro atoms. The minimum Gasteiger partial charge on any atom is -0.409 e. The van der Waals surface area contributed by atoms with Crippen LogP contribution in [0.5, 0.6) is 0 Å². The van der Waals surface area contributed by atoms with Crippen molar-refractivity contribution < 1.29 is 13.6 Å². The molecule has 0 aromatic heterocycles. The normalized spacial score (nSPS) is 16.7. The van der Waals surface area contributed by atoms with E-state index in [0.717, 1.165) is 11.1 Å². The molecule has 1 unspecified atom stereocenters. The van der Waals surface area contributed by atoms with Gasteiger partial charge in [0.15, 0.2) is 8.32 Å². The number of amides is 1. The number of hydrogen-bond acceptors (Lipinski definition) is 2. The largest absolute Gasteiger partial charge is 0.409 e. The summed E-state index contributed by atoms with van der Waals surface area (Å²) in [4.78, 5) is 11.4.